The summed E-state index contributed by atoms with van der Waals surface area (Å²) in [6, 6.07) is -0.193. The van der Waals surface area contributed by atoms with Crippen molar-refractivity contribution in [3.05, 3.63) is 31.3 Å². The van der Waals surface area contributed by atoms with Gasteiger partial charge in [-0.25, -0.2) is 9.59 Å². The molecule has 0 saturated heterocycles. The molecule has 0 spiro atoms. The highest BCUT2D eigenvalue weighted by Gasteiger charge is 2.35. The van der Waals surface area contributed by atoms with Crippen LogP contribution in [0.2, 0.25) is 0 Å². The molecule has 0 bridgehead atoms. The van der Waals surface area contributed by atoms with Gasteiger partial charge in [-0.2, -0.15) is 0 Å². The van der Waals surface area contributed by atoms with Crippen LogP contribution in [-0.2, 0) is 0 Å². The van der Waals surface area contributed by atoms with E-state index in [-0.39, 0.29) is 22.6 Å². The molecular formula is C17H28N4O3. The van der Waals surface area contributed by atoms with Gasteiger partial charge in [0.1, 0.15) is 5.65 Å². The molecule has 1 atom stereocenters. The standard InChI is InChI=1S/C17H28N4O3/c1-5-8-11(17(4,9-6-2)10-7-3)21-14(22)12-13(20-16(21)24)19-15(23)18-12/h11H,5-10H2,1-4H3,(H,20,24)(H2,18,19,23). The molecule has 1 unspecified atom stereocenters. The largest absolute Gasteiger partial charge is 0.330 e. The second-order valence-corrected chi connectivity index (χ2v) is 6.89. The summed E-state index contributed by atoms with van der Waals surface area (Å²) in [5.74, 6) is 0. The molecule has 0 fully saturated rings. The molecule has 24 heavy (non-hydrogen) atoms. The Hall–Kier alpha value is -2.05. The van der Waals surface area contributed by atoms with Crippen molar-refractivity contribution in [2.75, 3.05) is 0 Å². The lowest BCUT2D eigenvalue weighted by Gasteiger charge is -2.38. The molecule has 3 N–H and O–H groups in total. The molecule has 0 saturated carbocycles. The molecule has 2 heterocycles. The second-order valence-electron chi connectivity index (χ2n) is 6.89. The lowest BCUT2D eigenvalue weighted by Crippen LogP contribution is -2.44. The van der Waals surface area contributed by atoms with Gasteiger partial charge >= 0.3 is 11.4 Å². The zero-order chi connectivity index (χ0) is 17.9. The van der Waals surface area contributed by atoms with Gasteiger partial charge in [-0.15, -0.1) is 0 Å². The van der Waals surface area contributed by atoms with Crippen LogP contribution in [0.3, 0.4) is 0 Å². The van der Waals surface area contributed by atoms with E-state index in [1.165, 1.54) is 4.57 Å². The molecular weight excluding hydrogens is 308 g/mol. The lowest BCUT2D eigenvalue weighted by atomic mass is 9.73. The van der Waals surface area contributed by atoms with E-state index in [0.29, 0.717) is 0 Å². The van der Waals surface area contributed by atoms with Crippen molar-refractivity contribution in [3.8, 4) is 0 Å². The molecule has 134 valence electrons. The summed E-state index contributed by atoms with van der Waals surface area (Å²) in [4.78, 5) is 44.5. The van der Waals surface area contributed by atoms with Gasteiger partial charge in [-0.3, -0.25) is 24.3 Å². The maximum absolute atomic E-state index is 12.9. The number of aromatic amines is 3. The van der Waals surface area contributed by atoms with Gasteiger partial charge in [0.25, 0.3) is 5.56 Å². The summed E-state index contributed by atoms with van der Waals surface area (Å²) in [7, 11) is 0. The highest BCUT2D eigenvalue weighted by atomic mass is 16.2. The number of hydrogen-bond donors (Lipinski definition) is 3. The van der Waals surface area contributed by atoms with Crippen LogP contribution in [0, 0.1) is 5.41 Å². The first-order valence-corrected chi connectivity index (χ1v) is 8.84. The Morgan fingerprint density at radius 3 is 2.12 bits per heavy atom. The third-order valence-corrected chi connectivity index (χ3v) is 4.93. The Morgan fingerprint density at radius 2 is 1.58 bits per heavy atom. The van der Waals surface area contributed by atoms with E-state index in [9.17, 15) is 14.4 Å². The van der Waals surface area contributed by atoms with Crippen LogP contribution in [0.4, 0.5) is 0 Å². The molecule has 2 aromatic rings. The first kappa shape index (κ1) is 18.3. The second kappa shape index (κ2) is 7.23. The van der Waals surface area contributed by atoms with Crippen LogP contribution in [0.5, 0.6) is 0 Å². The molecule has 0 radical (unpaired) electrons. The zero-order valence-corrected chi connectivity index (χ0v) is 15.0. The number of hydrogen-bond acceptors (Lipinski definition) is 3. The van der Waals surface area contributed by atoms with Gasteiger partial charge in [-0.05, 0) is 24.7 Å². The third-order valence-electron chi connectivity index (χ3n) is 4.93. The van der Waals surface area contributed by atoms with E-state index >= 15 is 0 Å². The molecule has 7 heteroatoms. The molecule has 2 aromatic heterocycles. The number of nitrogens with one attached hydrogen (secondary N) is 3. The Kier molecular flexibility index (Phi) is 5.51. The summed E-state index contributed by atoms with van der Waals surface area (Å²) in [5.41, 5.74) is -1.22. The average Bonchev–Trinajstić information content (AvgIpc) is 2.87. The first-order chi connectivity index (χ1) is 11.4. The summed E-state index contributed by atoms with van der Waals surface area (Å²) in [6.45, 7) is 8.46. The van der Waals surface area contributed by atoms with Crippen molar-refractivity contribution in [1.29, 1.82) is 0 Å². The normalized spacial score (nSPS) is 13.5. The average molecular weight is 336 g/mol. The SMILES string of the molecule is CCCC(n1c(=O)[nH]c2[nH]c(=O)[nH]c2c1=O)C(C)(CCC)CCC. The van der Waals surface area contributed by atoms with Crippen LogP contribution < -0.4 is 16.9 Å². The zero-order valence-electron chi connectivity index (χ0n) is 15.0. The Balaban J connectivity index is 2.71. The monoisotopic (exact) mass is 336 g/mol. The quantitative estimate of drug-likeness (QED) is 0.690. The maximum Gasteiger partial charge on any atom is 0.330 e. The molecule has 0 aromatic carbocycles. The topological polar surface area (TPSA) is 104 Å². The molecule has 0 amide bonds. The summed E-state index contributed by atoms with van der Waals surface area (Å²) in [6.07, 6.45) is 5.50. The smallest absolute Gasteiger partial charge is 0.300 e. The minimum Gasteiger partial charge on any atom is -0.300 e. The summed E-state index contributed by atoms with van der Waals surface area (Å²) < 4.78 is 1.32. The van der Waals surface area contributed by atoms with Crippen LogP contribution in [0.25, 0.3) is 11.2 Å². The number of nitrogens with zero attached hydrogens (tertiary/aromatic N) is 1. The van der Waals surface area contributed by atoms with E-state index in [2.05, 4.69) is 42.6 Å². The Bertz CT molecular complexity index is 849. The van der Waals surface area contributed by atoms with Crippen molar-refractivity contribution in [2.24, 2.45) is 5.41 Å². The van der Waals surface area contributed by atoms with Gasteiger partial charge < -0.3 is 0 Å². The van der Waals surface area contributed by atoms with Gasteiger partial charge in [0.2, 0.25) is 0 Å². The fourth-order valence-electron chi connectivity index (χ4n) is 3.96. The van der Waals surface area contributed by atoms with Crippen molar-refractivity contribution in [3.63, 3.8) is 0 Å². The van der Waals surface area contributed by atoms with Gasteiger partial charge in [-0.1, -0.05) is 47.0 Å². The predicted octanol–water partition coefficient (Wildman–Crippen LogP) is 2.65. The number of imidazole rings is 1. The number of fused-ring (bicyclic) bond motifs is 1. The highest BCUT2D eigenvalue weighted by Crippen LogP contribution is 2.42. The Labute approximate surface area is 140 Å². The fourth-order valence-corrected chi connectivity index (χ4v) is 3.96. The minimum atomic E-state index is -0.493. The van der Waals surface area contributed by atoms with Crippen molar-refractivity contribution in [2.45, 2.75) is 72.3 Å². The van der Waals surface area contributed by atoms with E-state index in [0.717, 1.165) is 38.5 Å². The van der Waals surface area contributed by atoms with Crippen molar-refractivity contribution in [1.82, 2.24) is 19.5 Å². The molecule has 0 aliphatic carbocycles. The van der Waals surface area contributed by atoms with Crippen LogP contribution in [0.1, 0.15) is 72.3 Å². The third kappa shape index (κ3) is 3.25. The number of rotatable bonds is 8. The molecule has 0 aliphatic rings. The molecule has 2 rings (SSSR count). The van der Waals surface area contributed by atoms with Crippen LogP contribution >= 0.6 is 0 Å². The summed E-state index contributed by atoms with van der Waals surface area (Å²) in [5, 5.41) is 0. The highest BCUT2D eigenvalue weighted by molar-refractivity contribution is 5.67. The van der Waals surface area contributed by atoms with E-state index in [4.69, 9.17) is 0 Å². The fraction of sp³-hybridized carbons (Fsp3) is 0.706. The minimum absolute atomic E-state index is 0.135. The van der Waals surface area contributed by atoms with Gasteiger partial charge in [0.05, 0.1) is 0 Å². The molecule has 0 aliphatic heterocycles. The van der Waals surface area contributed by atoms with E-state index in [1.807, 2.05) is 0 Å². The van der Waals surface area contributed by atoms with Crippen LogP contribution in [0.15, 0.2) is 14.4 Å². The van der Waals surface area contributed by atoms with E-state index in [1.54, 1.807) is 0 Å². The van der Waals surface area contributed by atoms with Gasteiger partial charge in [0.15, 0.2) is 5.52 Å². The first-order valence-electron chi connectivity index (χ1n) is 8.84. The summed E-state index contributed by atoms with van der Waals surface area (Å²) >= 11 is 0. The number of aromatic nitrogens is 4. The molecule has 7 nitrogen and oxygen atoms in total. The predicted molar refractivity (Wildman–Crippen MR) is 95.7 cm³/mol. The maximum atomic E-state index is 12.9. The van der Waals surface area contributed by atoms with Crippen LogP contribution in [-0.4, -0.2) is 19.5 Å². The lowest BCUT2D eigenvalue weighted by molar-refractivity contribution is 0.137. The number of H-pyrrole nitrogens is 3. The van der Waals surface area contributed by atoms with E-state index < -0.39 is 16.9 Å². The van der Waals surface area contributed by atoms with Gasteiger partial charge in [0, 0.05) is 6.04 Å². The van der Waals surface area contributed by atoms with Crippen molar-refractivity contribution >= 4 is 11.2 Å². The Morgan fingerprint density at radius 1 is 0.958 bits per heavy atom. The van der Waals surface area contributed by atoms with Crippen molar-refractivity contribution < 1.29 is 0 Å².